The lowest BCUT2D eigenvalue weighted by atomic mass is 9.51. The largest absolute Gasteiger partial charge is 0.484 e. The van der Waals surface area contributed by atoms with Crippen molar-refractivity contribution in [2.75, 3.05) is 6.61 Å². The van der Waals surface area contributed by atoms with Gasteiger partial charge in [0, 0.05) is 18.5 Å². The minimum atomic E-state index is -0.587. The molecule has 36 heavy (non-hydrogen) atoms. The van der Waals surface area contributed by atoms with Crippen LogP contribution < -0.4 is 15.4 Å². The normalized spacial score (nSPS) is 30.5. The van der Waals surface area contributed by atoms with Crippen molar-refractivity contribution in [1.29, 1.82) is 0 Å². The Morgan fingerprint density at radius 1 is 1.06 bits per heavy atom. The maximum absolute atomic E-state index is 13.0. The quantitative estimate of drug-likeness (QED) is 0.512. The van der Waals surface area contributed by atoms with Crippen LogP contribution in [0.1, 0.15) is 52.0 Å². The Balaban J connectivity index is 1.36. The minimum absolute atomic E-state index is 0.0112. The number of carbonyl (C=O) groups excluding carboxylic acids is 2. The highest BCUT2D eigenvalue weighted by Crippen LogP contribution is 2.55. The molecule has 2 saturated carbocycles. The number of carbonyl (C=O) groups is 2. The van der Waals surface area contributed by atoms with Gasteiger partial charge in [0.25, 0.3) is 5.91 Å². The Labute approximate surface area is 214 Å². The summed E-state index contributed by atoms with van der Waals surface area (Å²) in [5, 5.41) is 17.8. The number of benzene rings is 2. The van der Waals surface area contributed by atoms with Crippen LogP contribution in [0, 0.1) is 29.1 Å². The number of rotatable bonds is 8. The molecule has 2 aromatic rings. The molecule has 2 aliphatic carbocycles. The van der Waals surface area contributed by atoms with Crippen LogP contribution in [0.4, 0.5) is 0 Å². The molecule has 2 aromatic carbocycles. The van der Waals surface area contributed by atoms with Gasteiger partial charge in [0.15, 0.2) is 6.61 Å². The van der Waals surface area contributed by atoms with Crippen molar-refractivity contribution in [1.82, 2.24) is 10.6 Å². The number of ether oxygens (including phenoxy) is 1. The van der Waals surface area contributed by atoms with E-state index in [-0.39, 0.29) is 53.5 Å². The van der Waals surface area contributed by atoms with E-state index in [1.807, 2.05) is 67.6 Å². The number of para-hydroxylation sites is 1. The predicted octanol–water partition coefficient (Wildman–Crippen LogP) is 4.33. The van der Waals surface area contributed by atoms with Crippen molar-refractivity contribution >= 4 is 11.8 Å². The molecule has 6 heteroatoms. The summed E-state index contributed by atoms with van der Waals surface area (Å²) in [6.45, 7) is 6.80. The van der Waals surface area contributed by atoms with Crippen LogP contribution >= 0.6 is 0 Å². The van der Waals surface area contributed by atoms with E-state index in [4.69, 9.17) is 4.74 Å². The molecule has 0 aliphatic heterocycles. The maximum atomic E-state index is 13.0. The summed E-state index contributed by atoms with van der Waals surface area (Å²) >= 11 is 0. The highest BCUT2D eigenvalue weighted by molar-refractivity contribution is 5.79. The van der Waals surface area contributed by atoms with Crippen LogP contribution in [-0.4, -0.2) is 35.7 Å². The van der Waals surface area contributed by atoms with Crippen LogP contribution in [0.3, 0.4) is 0 Å². The molecule has 2 aliphatic rings. The average molecular weight is 493 g/mol. The minimum Gasteiger partial charge on any atom is -0.484 e. The summed E-state index contributed by atoms with van der Waals surface area (Å²) in [4.78, 5) is 25.6. The highest BCUT2D eigenvalue weighted by atomic mass is 16.5. The molecule has 6 nitrogen and oxygen atoms in total. The first-order chi connectivity index (χ1) is 17.3. The standard InChI is InChI=1S/C30H40N2O4/c1-20(29(35)31-18-22-10-6-4-7-11-22)24-14-16-30(3)17-15-25(21(2)27(30)28(24)34)32-26(33)19-36-23-12-8-5-9-13-23/h4-13,20-21,24-25,27-28,34H,14-19H2,1-3H3,(H,31,35)(H,32,33). The second-order valence-corrected chi connectivity index (χ2v) is 11.0. The van der Waals surface area contributed by atoms with Gasteiger partial charge in [-0.3, -0.25) is 9.59 Å². The van der Waals surface area contributed by atoms with E-state index in [2.05, 4.69) is 24.5 Å². The molecule has 0 spiro atoms. The van der Waals surface area contributed by atoms with E-state index < -0.39 is 6.10 Å². The van der Waals surface area contributed by atoms with Crippen molar-refractivity contribution in [2.24, 2.45) is 29.1 Å². The molecule has 7 unspecified atom stereocenters. The fourth-order valence-corrected chi connectivity index (χ4v) is 6.55. The number of hydrogen-bond acceptors (Lipinski definition) is 4. The summed E-state index contributed by atoms with van der Waals surface area (Å²) in [7, 11) is 0. The van der Waals surface area contributed by atoms with Crippen molar-refractivity contribution in [3.8, 4) is 5.75 Å². The van der Waals surface area contributed by atoms with Gasteiger partial charge in [-0.15, -0.1) is 0 Å². The van der Waals surface area contributed by atoms with Gasteiger partial charge in [-0.1, -0.05) is 69.3 Å². The van der Waals surface area contributed by atoms with Gasteiger partial charge in [0.2, 0.25) is 5.91 Å². The molecule has 0 radical (unpaired) electrons. The van der Waals surface area contributed by atoms with E-state index >= 15 is 0 Å². The van der Waals surface area contributed by atoms with E-state index in [9.17, 15) is 14.7 Å². The van der Waals surface area contributed by atoms with Crippen molar-refractivity contribution in [3.05, 3.63) is 66.2 Å². The first kappa shape index (κ1) is 26.2. The molecule has 2 fully saturated rings. The molecule has 194 valence electrons. The monoisotopic (exact) mass is 492 g/mol. The predicted molar refractivity (Wildman–Crippen MR) is 140 cm³/mol. The molecule has 3 N–H and O–H groups in total. The molecular formula is C30H40N2O4. The van der Waals surface area contributed by atoms with Gasteiger partial charge < -0.3 is 20.5 Å². The van der Waals surface area contributed by atoms with E-state index in [0.29, 0.717) is 12.3 Å². The average Bonchev–Trinajstić information content (AvgIpc) is 2.89. The van der Waals surface area contributed by atoms with Crippen LogP contribution in [0.5, 0.6) is 5.75 Å². The Morgan fingerprint density at radius 2 is 1.69 bits per heavy atom. The number of aliphatic hydroxyl groups excluding tert-OH is 1. The van der Waals surface area contributed by atoms with Gasteiger partial charge >= 0.3 is 0 Å². The summed E-state index contributed by atoms with van der Waals surface area (Å²) in [5.74, 6) is 0.248. The van der Waals surface area contributed by atoms with Gasteiger partial charge in [-0.25, -0.2) is 0 Å². The van der Waals surface area contributed by atoms with Gasteiger partial charge in [-0.05, 0) is 66.5 Å². The maximum Gasteiger partial charge on any atom is 0.258 e. The van der Waals surface area contributed by atoms with Crippen LogP contribution in [0.25, 0.3) is 0 Å². The van der Waals surface area contributed by atoms with Gasteiger partial charge in [0.05, 0.1) is 6.10 Å². The van der Waals surface area contributed by atoms with E-state index in [0.717, 1.165) is 31.2 Å². The SMILES string of the molecule is CC(C(=O)NCc1ccccc1)C1CCC2(C)CCC(NC(=O)COc3ccccc3)C(C)C2C1O. The van der Waals surface area contributed by atoms with Gasteiger partial charge in [0.1, 0.15) is 5.75 Å². The van der Waals surface area contributed by atoms with Crippen LogP contribution in [0.15, 0.2) is 60.7 Å². The van der Waals surface area contributed by atoms with Crippen LogP contribution in [0.2, 0.25) is 0 Å². The molecule has 7 atom stereocenters. The van der Waals surface area contributed by atoms with Crippen LogP contribution in [-0.2, 0) is 16.1 Å². The summed E-state index contributed by atoms with van der Waals surface area (Å²) in [5.41, 5.74) is 1.07. The molecule has 0 aromatic heterocycles. The number of aliphatic hydroxyl groups is 1. The Morgan fingerprint density at radius 3 is 2.39 bits per heavy atom. The summed E-state index contributed by atoms with van der Waals surface area (Å²) in [6, 6.07) is 19.2. The Bertz CT molecular complexity index is 1010. The zero-order chi connectivity index (χ0) is 25.7. The number of amides is 2. The molecule has 2 amide bonds. The van der Waals surface area contributed by atoms with Crippen molar-refractivity contribution in [2.45, 2.75) is 65.1 Å². The first-order valence-corrected chi connectivity index (χ1v) is 13.3. The molecule has 0 bridgehead atoms. The number of nitrogens with one attached hydrogen (secondary N) is 2. The topological polar surface area (TPSA) is 87.7 Å². The van der Waals surface area contributed by atoms with E-state index in [1.165, 1.54) is 0 Å². The second-order valence-electron chi connectivity index (χ2n) is 11.0. The number of hydrogen-bond donors (Lipinski definition) is 3. The third-order valence-corrected chi connectivity index (χ3v) is 8.71. The number of fused-ring (bicyclic) bond motifs is 1. The van der Waals surface area contributed by atoms with Crippen molar-refractivity contribution in [3.63, 3.8) is 0 Å². The molecular weight excluding hydrogens is 452 g/mol. The lowest BCUT2D eigenvalue weighted by Gasteiger charge is -2.56. The molecule has 0 heterocycles. The highest BCUT2D eigenvalue weighted by Gasteiger charge is 2.53. The lowest BCUT2D eigenvalue weighted by Crippen LogP contribution is -2.58. The van der Waals surface area contributed by atoms with Crippen molar-refractivity contribution < 1.29 is 19.4 Å². The zero-order valence-electron chi connectivity index (χ0n) is 21.7. The fourth-order valence-electron chi connectivity index (χ4n) is 6.55. The smallest absolute Gasteiger partial charge is 0.258 e. The summed E-state index contributed by atoms with van der Waals surface area (Å²) < 4.78 is 5.62. The lowest BCUT2D eigenvalue weighted by molar-refractivity contribution is -0.144. The molecule has 4 rings (SSSR count). The third-order valence-electron chi connectivity index (χ3n) is 8.71. The van der Waals surface area contributed by atoms with Gasteiger partial charge in [-0.2, -0.15) is 0 Å². The third kappa shape index (κ3) is 5.92. The van der Waals surface area contributed by atoms with E-state index in [1.54, 1.807) is 0 Å². The second kappa shape index (κ2) is 11.5. The first-order valence-electron chi connectivity index (χ1n) is 13.3. The fraction of sp³-hybridized carbons (Fsp3) is 0.533. The zero-order valence-corrected chi connectivity index (χ0v) is 21.7. The molecule has 0 saturated heterocycles. The Kier molecular flexibility index (Phi) is 8.35. The Hall–Kier alpha value is -2.86. The summed E-state index contributed by atoms with van der Waals surface area (Å²) in [6.07, 6.45) is 3.07.